The SMILES string of the molecule is CC(C)=CC(=O)[N-]S(=O)(=O)c1ccc(N)cc1.[Na+]. The first-order chi connectivity index (χ1) is 7.81. The van der Waals surface area contributed by atoms with E-state index in [1.807, 2.05) is 0 Å². The molecule has 0 atom stereocenters. The van der Waals surface area contributed by atoms with Crippen molar-refractivity contribution in [3.8, 4) is 0 Å². The van der Waals surface area contributed by atoms with Crippen LogP contribution in [0.1, 0.15) is 13.8 Å². The zero-order valence-electron chi connectivity index (χ0n) is 10.5. The number of amides is 1. The largest absolute Gasteiger partial charge is 1.00 e. The summed E-state index contributed by atoms with van der Waals surface area (Å²) in [4.78, 5) is 11.2. The van der Waals surface area contributed by atoms with Crippen LogP contribution in [0.3, 0.4) is 0 Å². The first-order valence-corrected chi connectivity index (χ1v) is 6.28. The number of nitrogens with zero attached hydrogens (tertiary/aromatic N) is 1. The van der Waals surface area contributed by atoms with E-state index < -0.39 is 15.9 Å². The Labute approximate surface area is 129 Å². The maximum Gasteiger partial charge on any atom is 1.00 e. The second-order valence-electron chi connectivity index (χ2n) is 3.70. The number of carbonyl (C=O) groups is 1. The van der Waals surface area contributed by atoms with Crippen LogP contribution in [0.15, 0.2) is 40.8 Å². The first-order valence-electron chi connectivity index (χ1n) is 4.84. The van der Waals surface area contributed by atoms with E-state index in [4.69, 9.17) is 5.73 Å². The Balaban J connectivity index is 0.00000289. The fourth-order valence-electron chi connectivity index (χ4n) is 1.08. The molecule has 0 saturated carbocycles. The van der Waals surface area contributed by atoms with Crippen molar-refractivity contribution < 1.29 is 42.8 Å². The van der Waals surface area contributed by atoms with Gasteiger partial charge >= 0.3 is 29.6 Å². The van der Waals surface area contributed by atoms with Gasteiger partial charge in [-0.3, -0.25) is 0 Å². The van der Waals surface area contributed by atoms with Crippen molar-refractivity contribution in [3.05, 3.63) is 40.6 Å². The zero-order chi connectivity index (χ0) is 13.1. The van der Waals surface area contributed by atoms with Crippen molar-refractivity contribution in [1.82, 2.24) is 0 Å². The van der Waals surface area contributed by atoms with Gasteiger partial charge < -0.3 is 15.3 Å². The number of hydrogen-bond acceptors (Lipinski definition) is 4. The molecule has 0 aromatic heterocycles. The van der Waals surface area contributed by atoms with Crippen LogP contribution in [0.25, 0.3) is 4.72 Å². The van der Waals surface area contributed by atoms with Crippen molar-refractivity contribution in [2.45, 2.75) is 18.7 Å². The van der Waals surface area contributed by atoms with Crippen LogP contribution in [0.4, 0.5) is 5.69 Å². The molecule has 0 heterocycles. The summed E-state index contributed by atoms with van der Waals surface area (Å²) < 4.78 is 26.5. The number of benzene rings is 1. The van der Waals surface area contributed by atoms with Crippen molar-refractivity contribution in [3.63, 3.8) is 0 Å². The minimum atomic E-state index is -3.95. The van der Waals surface area contributed by atoms with Gasteiger partial charge in [0.15, 0.2) is 0 Å². The second-order valence-corrected chi connectivity index (χ2v) is 5.30. The second kappa shape index (κ2) is 6.94. The van der Waals surface area contributed by atoms with Gasteiger partial charge in [0.2, 0.25) is 0 Å². The van der Waals surface area contributed by atoms with Crippen LogP contribution in [0.2, 0.25) is 0 Å². The van der Waals surface area contributed by atoms with E-state index in [1.165, 1.54) is 24.3 Å². The van der Waals surface area contributed by atoms with Crippen molar-refractivity contribution in [1.29, 1.82) is 0 Å². The number of allylic oxidation sites excluding steroid dienone is 1. The molecule has 7 heteroatoms. The molecule has 0 radical (unpaired) electrons. The Kier molecular flexibility index (Phi) is 6.62. The number of nitrogen functional groups attached to an aromatic ring is 1. The summed E-state index contributed by atoms with van der Waals surface area (Å²) in [5, 5.41) is 0. The summed E-state index contributed by atoms with van der Waals surface area (Å²) >= 11 is 0. The van der Waals surface area contributed by atoms with Gasteiger partial charge in [-0.05, 0) is 44.2 Å². The summed E-state index contributed by atoms with van der Waals surface area (Å²) in [5.41, 5.74) is 6.57. The molecular weight excluding hydrogens is 263 g/mol. The topological polar surface area (TPSA) is 91.3 Å². The third-order valence-corrected chi connectivity index (χ3v) is 3.09. The molecule has 1 aromatic rings. The van der Waals surface area contributed by atoms with E-state index in [0.29, 0.717) is 11.3 Å². The average molecular weight is 276 g/mol. The van der Waals surface area contributed by atoms with Crippen LogP contribution in [0.5, 0.6) is 0 Å². The molecule has 18 heavy (non-hydrogen) atoms. The third-order valence-electron chi connectivity index (χ3n) is 1.80. The van der Waals surface area contributed by atoms with E-state index >= 15 is 0 Å². The van der Waals surface area contributed by atoms with Gasteiger partial charge in [0.05, 0.1) is 10.8 Å². The molecule has 1 aromatic carbocycles. The molecule has 0 unspecified atom stereocenters. The predicted octanol–water partition coefficient (Wildman–Crippen LogP) is -1.17. The van der Waals surface area contributed by atoms with E-state index in [2.05, 4.69) is 4.72 Å². The predicted molar refractivity (Wildman–Crippen MR) is 65.8 cm³/mol. The third kappa shape index (κ3) is 5.22. The quantitative estimate of drug-likeness (QED) is 0.428. The van der Waals surface area contributed by atoms with Gasteiger partial charge in [0.25, 0.3) is 0 Å². The monoisotopic (exact) mass is 276 g/mol. The van der Waals surface area contributed by atoms with Crippen LogP contribution in [0, 0.1) is 0 Å². The number of rotatable bonds is 3. The van der Waals surface area contributed by atoms with Gasteiger partial charge in [-0.1, -0.05) is 5.57 Å². The van der Waals surface area contributed by atoms with Crippen LogP contribution in [-0.2, 0) is 14.8 Å². The summed E-state index contributed by atoms with van der Waals surface area (Å²) in [6.07, 6.45) is 1.16. The fourth-order valence-corrected chi connectivity index (χ4v) is 1.96. The number of carbonyl (C=O) groups excluding carboxylic acids is 1. The maximum atomic E-state index is 11.7. The van der Waals surface area contributed by atoms with Gasteiger partial charge in [-0.2, -0.15) is 0 Å². The molecule has 0 spiro atoms. The number of sulfonamides is 1. The number of hydrogen-bond donors (Lipinski definition) is 1. The molecule has 2 N–H and O–H groups in total. The van der Waals surface area contributed by atoms with E-state index in [1.54, 1.807) is 13.8 Å². The molecule has 0 fully saturated rings. The molecule has 1 rings (SSSR count). The molecular formula is C11H13N2NaO3S. The summed E-state index contributed by atoms with van der Waals surface area (Å²) in [7, 11) is -3.95. The molecule has 0 bridgehead atoms. The van der Waals surface area contributed by atoms with E-state index in [9.17, 15) is 13.2 Å². The molecule has 5 nitrogen and oxygen atoms in total. The van der Waals surface area contributed by atoms with Crippen LogP contribution >= 0.6 is 0 Å². The van der Waals surface area contributed by atoms with Gasteiger partial charge in [-0.15, -0.1) is 0 Å². The molecule has 0 saturated heterocycles. The minimum Gasteiger partial charge on any atom is -0.538 e. The van der Waals surface area contributed by atoms with Crippen molar-refractivity contribution >= 4 is 21.6 Å². The molecule has 92 valence electrons. The normalized spacial score (nSPS) is 10.1. The zero-order valence-corrected chi connectivity index (χ0v) is 13.4. The summed E-state index contributed by atoms with van der Waals surface area (Å²) in [6.45, 7) is 3.37. The van der Waals surface area contributed by atoms with E-state index in [-0.39, 0.29) is 34.5 Å². The summed E-state index contributed by atoms with van der Waals surface area (Å²) in [6, 6.07) is 5.50. The Bertz CT molecular complexity index is 546. The molecule has 0 aliphatic heterocycles. The van der Waals surface area contributed by atoms with Gasteiger partial charge in [0, 0.05) is 5.69 Å². The Morgan fingerprint density at radius 1 is 1.22 bits per heavy atom. The number of anilines is 1. The van der Waals surface area contributed by atoms with Crippen LogP contribution in [-0.4, -0.2) is 14.3 Å². The van der Waals surface area contributed by atoms with Crippen molar-refractivity contribution in [2.24, 2.45) is 0 Å². The molecule has 0 aliphatic rings. The Morgan fingerprint density at radius 3 is 2.17 bits per heavy atom. The Hall–Kier alpha value is -0.820. The van der Waals surface area contributed by atoms with Gasteiger partial charge in [-0.25, -0.2) is 8.42 Å². The van der Waals surface area contributed by atoms with Crippen LogP contribution < -0.4 is 35.3 Å². The van der Waals surface area contributed by atoms with Gasteiger partial charge in [0.1, 0.15) is 10.0 Å². The maximum absolute atomic E-state index is 11.7. The fraction of sp³-hybridized carbons (Fsp3) is 0.182. The molecule has 0 aliphatic carbocycles. The average Bonchev–Trinajstić information content (AvgIpc) is 2.15. The Morgan fingerprint density at radius 2 is 1.72 bits per heavy atom. The van der Waals surface area contributed by atoms with E-state index in [0.717, 1.165) is 6.08 Å². The number of nitrogens with two attached hydrogens (primary N) is 1. The molecule has 1 amide bonds. The first kappa shape index (κ1) is 17.2. The standard InChI is InChI=1S/C11H14N2O3S.Na/c1-8(2)7-11(14)13-17(15,16)10-5-3-9(12)4-6-10;/h3-7H,12H2,1-2H3,(H,13,14);/q;+1/p-1. The minimum absolute atomic E-state index is 0. The summed E-state index contributed by atoms with van der Waals surface area (Å²) in [5.74, 6) is -0.790. The smallest absolute Gasteiger partial charge is 0.538 e. The van der Waals surface area contributed by atoms with Crippen molar-refractivity contribution in [2.75, 3.05) is 5.73 Å².